The molecule has 1 fully saturated rings. The number of hydrogen-bond donors (Lipinski definition) is 2. The van der Waals surface area contributed by atoms with Gasteiger partial charge in [-0.1, -0.05) is 12.1 Å². The van der Waals surface area contributed by atoms with Crippen LogP contribution in [-0.2, 0) is 6.54 Å². The van der Waals surface area contributed by atoms with Crippen LogP contribution in [0.3, 0.4) is 0 Å². The third kappa shape index (κ3) is 4.12. The number of H-pyrrole nitrogens is 1. The van der Waals surface area contributed by atoms with E-state index in [4.69, 9.17) is 9.72 Å². The van der Waals surface area contributed by atoms with Crippen LogP contribution in [0.25, 0.3) is 32.6 Å². The molecule has 0 radical (unpaired) electrons. The highest BCUT2D eigenvalue weighted by molar-refractivity contribution is 7.17. The Morgan fingerprint density at radius 1 is 1.11 bits per heavy atom. The Kier molecular flexibility index (Phi) is 6.12. The number of rotatable bonds is 5. The first-order chi connectivity index (χ1) is 18.3. The van der Waals surface area contributed by atoms with E-state index in [1.807, 2.05) is 41.8 Å². The molecule has 2 atom stereocenters. The van der Waals surface area contributed by atoms with E-state index in [2.05, 4.69) is 47.8 Å². The number of thiophene rings is 1. The van der Waals surface area contributed by atoms with Crippen molar-refractivity contribution in [3.8, 4) is 22.9 Å². The largest absolute Gasteiger partial charge is 0.505 e. The number of nitrogens with zero attached hydrogens (tertiary/aromatic N) is 4. The van der Waals surface area contributed by atoms with E-state index in [0.717, 1.165) is 41.1 Å². The van der Waals surface area contributed by atoms with Crippen LogP contribution < -0.4 is 15.2 Å². The topological polar surface area (TPSA) is 86.6 Å². The average Bonchev–Trinajstić information content (AvgIpc) is 3.57. The molecule has 0 aliphatic carbocycles. The molecule has 9 heteroatoms. The molecule has 1 aliphatic heterocycles. The summed E-state index contributed by atoms with van der Waals surface area (Å²) in [7, 11) is 3.80. The summed E-state index contributed by atoms with van der Waals surface area (Å²) in [5, 5.41) is 13.1. The first-order valence-corrected chi connectivity index (χ1v) is 13.6. The smallest absolute Gasteiger partial charge is 0.266 e. The molecule has 0 amide bonds. The van der Waals surface area contributed by atoms with E-state index in [-0.39, 0.29) is 16.9 Å². The number of fused-ring (bicyclic) bond motifs is 2. The molecular weight excluding hydrogens is 498 g/mol. The number of methoxy groups -OCH3 is 1. The number of pyridine rings is 1. The monoisotopic (exact) mass is 529 g/mol. The SMILES string of the molecule is COc1ccc(Cn2c(=O)c(-c3nc4ccc(N5C[C@@H](C)N(C)[C@@H](C)C5)cc4[nH]3)c(O)c3sccc32)cc1. The van der Waals surface area contributed by atoms with E-state index < -0.39 is 0 Å². The minimum absolute atomic E-state index is 0.0352. The predicted molar refractivity (Wildman–Crippen MR) is 154 cm³/mol. The zero-order valence-electron chi connectivity index (χ0n) is 21.9. The first kappa shape index (κ1) is 24.5. The van der Waals surface area contributed by atoms with Gasteiger partial charge in [0.25, 0.3) is 5.56 Å². The fraction of sp³-hybridized carbons (Fsp3) is 0.310. The Morgan fingerprint density at radius 3 is 2.55 bits per heavy atom. The van der Waals surface area contributed by atoms with Gasteiger partial charge in [-0.05, 0) is 68.2 Å². The second-order valence-corrected chi connectivity index (χ2v) is 11.1. The van der Waals surface area contributed by atoms with Crippen molar-refractivity contribution in [3.05, 3.63) is 69.8 Å². The molecule has 0 spiro atoms. The van der Waals surface area contributed by atoms with Gasteiger partial charge in [-0.2, -0.15) is 0 Å². The number of aromatic amines is 1. The lowest BCUT2D eigenvalue weighted by atomic mass is 10.1. The van der Waals surface area contributed by atoms with Gasteiger partial charge in [-0.3, -0.25) is 9.69 Å². The maximum atomic E-state index is 13.8. The highest BCUT2D eigenvalue weighted by Crippen LogP contribution is 2.36. The van der Waals surface area contributed by atoms with E-state index in [0.29, 0.717) is 34.7 Å². The van der Waals surface area contributed by atoms with Gasteiger partial charge in [-0.15, -0.1) is 11.3 Å². The number of likely N-dealkylation sites (N-methyl/N-ethyl adjacent to an activating group) is 1. The van der Waals surface area contributed by atoms with E-state index >= 15 is 0 Å². The predicted octanol–water partition coefficient (Wildman–Crippen LogP) is 4.90. The van der Waals surface area contributed by atoms with Gasteiger partial charge < -0.3 is 24.3 Å². The summed E-state index contributed by atoms with van der Waals surface area (Å²) in [6.45, 7) is 6.75. The number of imidazole rings is 1. The second kappa shape index (κ2) is 9.49. The molecule has 8 nitrogen and oxygen atoms in total. The number of piperazine rings is 1. The molecule has 2 aromatic carbocycles. The van der Waals surface area contributed by atoms with Crippen molar-refractivity contribution in [1.82, 2.24) is 19.4 Å². The molecular formula is C29H31N5O3S. The normalized spacial score (nSPS) is 18.5. The molecule has 4 heterocycles. The maximum absolute atomic E-state index is 13.8. The molecule has 0 unspecified atom stereocenters. The van der Waals surface area contributed by atoms with Crippen LogP contribution in [-0.4, -0.2) is 63.9 Å². The molecule has 5 aromatic rings. The van der Waals surface area contributed by atoms with E-state index in [1.54, 1.807) is 11.7 Å². The van der Waals surface area contributed by atoms with Gasteiger partial charge in [0.05, 0.1) is 34.9 Å². The molecule has 196 valence electrons. The Balaban J connectivity index is 1.41. The third-order valence-electron chi connectivity index (χ3n) is 7.77. The van der Waals surface area contributed by atoms with Gasteiger partial charge >= 0.3 is 0 Å². The van der Waals surface area contributed by atoms with E-state index in [1.165, 1.54) is 11.3 Å². The summed E-state index contributed by atoms with van der Waals surface area (Å²) in [4.78, 5) is 26.7. The number of aromatic hydroxyl groups is 1. The molecule has 1 aliphatic rings. The van der Waals surface area contributed by atoms with Crippen molar-refractivity contribution in [2.45, 2.75) is 32.5 Å². The standard InChI is InChI=1S/C29H31N5O3S/c1-17-14-33(15-18(2)32(17)3)20-7-10-22-23(13-20)31-28(30-22)25-26(35)27-24(11-12-38-27)34(29(25)36)16-19-5-8-21(37-4)9-6-19/h5-13,17-18,35H,14-16H2,1-4H3,(H,30,31)/t17-,18+. The number of aromatic nitrogens is 3. The van der Waals surface area contributed by atoms with Gasteiger partial charge in [0.15, 0.2) is 5.75 Å². The maximum Gasteiger partial charge on any atom is 0.266 e. The zero-order valence-corrected chi connectivity index (χ0v) is 22.7. The van der Waals surface area contributed by atoms with Crippen molar-refractivity contribution in [2.75, 3.05) is 32.1 Å². The summed E-state index contributed by atoms with van der Waals surface area (Å²) in [5.41, 5.74) is 4.28. The van der Waals surface area contributed by atoms with E-state index in [9.17, 15) is 9.90 Å². The molecule has 3 aromatic heterocycles. The average molecular weight is 530 g/mol. The van der Waals surface area contributed by atoms with Crippen LogP contribution in [0, 0.1) is 0 Å². The summed E-state index contributed by atoms with van der Waals surface area (Å²) in [6, 6.07) is 16.6. The Labute approximate surface area is 224 Å². The molecule has 6 rings (SSSR count). The summed E-state index contributed by atoms with van der Waals surface area (Å²) in [6.07, 6.45) is 0. The van der Waals surface area contributed by atoms with Crippen LogP contribution in [0.4, 0.5) is 5.69 Å². The summed E-state index contributed by atoms with van der Waals surface area (Å²) in [5.74, 6) is 1.10. The molecule has 0 saturated carbocycles. The fourth-order valence-corrected chi connectivity index (χ4v) is 6.21. The summed E-state index contributed by atoms with van der Waals surface area (Å²) < 4.78 is 7.63. The van der Waals surface area contributed by atoms with Crippen LogP contribution in [0.5, 0.6) is 11.5 Å². The van der Waals surface area contributed by atoms with Crippen molar-refractivity contribution in [1.29, 1.82) is 0 Å². The van der Waals surface area contributed by atoms with Gasteiger partial charge in [0.2, 0.25) is 0 Å². The fourth-order valence-electron chi connectivity index (χ4n) is 5.36. The second-order valence-electron chi connectivity index (χ2n) is 10.2. The number of benzene rings is 2. The van der Waals surface area contributed by atoms with Crippen molar-refractivity contribution in [2.24, 2.45) is 0 Å². The van der Waals surface area contributed by atoms with Crippen LogP contribution >= 0.6 is 11.3 Å². The lowest BCUT2D eigenvalue weighted by Gasteiger charge is -2.43. The number of hydrogen-bond acceptors (Lipinski definition) is 7. The molecule has 1 saturated heterocycles. The Bertz CT molecular complexity index is 1670. The first-order valence-electron chi connectivity index (χ1n) is 12.8. The number of ether oxygens (including phenoxy) is 1. The van der Waals surface area contributed by atoms with Crippen molar-refractivity contribution >= 4 is 38.3 Å². The minimum atomic E-state index is -0.287. The highest BCUT2D eigenvalue weighted by atomic mass is 32.1. The minimum Gasteiger partial charge on any atom is -0.505 e. The van der Waals surface area contributed by atoms with Crippen LogP contribution in [0.2, 0.25) is 0 Å². The lowest BCUT2D eigenvalue weighted by molar-refractivity contribution is 0.170. The van der Waals surface area contributed by atoms with Gasteiger partial charge in [0, 0.05) is 30.9 Å². The van der Waals surface area contributed by atoms with Gasteiger partial charge in [-0.25, -0.2) is 4.98 Å². The number of nitrogens with one attached hydrogen (secondary N) is 1. The van der Waals surface area contributed by atoms with Crippen molar-refractivity contribution < 1.29 is 9.84 Å². The van der Waals surface area contributed by atoms with Crippen LogP contribution in [0.1, 0.15) is 19.4 Å². The van der Waals surface area contributed by atoms with Crippen molar-refractivity contribution in [3.63, 3.8) is 0 Å². The third-order valence-corrected chi connectivity index (χ3v) is 8.68. The lowest BCUT2D eigenvalue weighted by Crippen LogP contribution is -2.55. The summed E-state index contributed by atoms with van der Waals surface area (Å²) >= 11 is 1.41. The quantitative estimate of drug-likeness (QED) is 0.337. The molecule has 2 N–H and O–H groups in total. The highest BCUT2D eigenvalue weighted by Gasteiger charge is 2.27. The Morgan fingerprint density at radius 2 is 1.84 bits per heavy atom. The van der Waals surface area contributed by atoms with Gasteiger partial charge in [0.1, 0.15) is 17.1 Å². The zero-order chi connectivity index (χ0) is 26.6. The van der Waals surface area contributed by atoms with Crippen LogP contribution in [0.15, 0.2) is 58.7 Å². The number of anilines is 1. The molecule has 38 heavy (non-hydrogen) atoms. The molecule has 0 bridgehead atoms. The Hall–Kier alpha value is -3.82.